The molecule has 3 rings (SSSR count). The Morgan fingerprint density at radius 1 is 1.16 bits per heavy atom. The van der Waals surface area contributed by atoms with Crippen molar-refractivity contribution in [2.24, 2.45) is 5.73 Å². The molecule has 0 fully saturated rings. The largest absolute Gasteiger partial charge is 0.490 e. The fourth-order valence-electron chi connectivity index (χ4n) is 2.74. The van der Waals surface area contributed by atoms with Gasteiger partial charge in [-0.1, -0.05) is 22.9 Å². The van der Waals surface area contributed by atoms with Gasteiger partial charge in [-0.25, -0.2) is 4.39 Å². The van der Waals surface area contributed by atoms with Crippen molar-refractivity contribution in [1.82, 2.24) is 10.2 Å². The summed E-state index contributed by atoms with van der Waals surface area (Å²) in [7, 11) is 0. The van der Waals surface area contributed by atoms with Crippen molar-refractivity contribution in [2.75, 3.05) is 13.2 Å². The number of carboxylic acids is 1. The number of nitrogens with zero attached hydrogens (tertiary/aromatic N) is 2. The van der Waals surface area contributed by atoms with Gasteiger partial charge >= 0.3 is 6.18 Å². The molecular formula is C23H24ClF4N3O5S. The number of nitrogens with two attached hydrogens (primary N) is 1. The first kappa shape index (κ1) is 30.2. The highest BCUT2D eigenvalue weighted by atomic mass is 35.5. The van der Waals surface area contributed by atoms with Gasteiger partial charge in [0, 0.05) is 24.1 Å². The van der Waals surface area contributed by atoms with Crippen LogP contribution in [-0.2, 0) is 11.0 Å². The second-order valence-corrected chi connectivity index (χ2v) is 9.21. The average Bonchev–Trinajstić information content (AvgIpc) is 3.28. The molecule has 2 aromatic carbocycles. The lowest BCUT2D eigenvalue weighted by molar-refractivity contribution is -0.139. The number of aliphatic carboxylic acids is 1. The number of hydrogen-bond acceptors (Lipinski definition) is 8. The number of hydrogen-bond donors (Lipinski definition) is 3. The quantitative estimate of drug-likeness (QED) is 0.316. The van der Waals surface area contributed by atoms with Crippen LogP contribution in [0.4, 0.5) is 17.6 Å². The van der Waals surface area contributed by atoms with E-state index in [9.17, 15) is 17.6 Å². The van der Waals surface area contributed by atoms with Crippen LogP contribution in [0.1, 0.15) is 26.3 Å². The normalized spacial score (nSPS) is 12.1. The average molecular weight is 566 g/mol. The highest BCUT2D eigenvalue weighted by molar-refractivity contribution is 7.18. The number of aliphatic hydroxyl groups excluding tert-OH is 1. The number of rotatable bonds is 8. The number of aromatic nitrogens is 2. The van der Waals surface area contributed by atoms with E-state index in [1.165, 1.54) is 18.2 Å². The van der Waals surface area contributed by atoms with Crippen molar-refractivity contribution in [1.29, 1.82) is 0 Å². The van der Waals surface area contributed by atoms with E-state index in [0.29, 0.717) is 0 Å². The van der Waals surface area contributed by atoms with Crippen LogP contribution in [0.15, 0.2) is 30.3 Å². The number of carbonyl (C=O) groups is 1. The van der Waals surface area contributed by atoms with Crippen LogP contribution >= 0.6 is 22.9 Å². The second-order valence-electron chi connectivity index (χ2n) is 7.82. The molecule has 4 N–H and O–H groups in total. The summed E-state index contributed by atoms with van der Waals surface area (Å²) >= 11 is 7.19. The molecule has 3 aromatic rings. The molecule has 0 aliphatic rings. The molecule has 0 aliphatic carbocycles. The van der Waals surface area contributed by atoms with Crippen LogP contribution in [0.2, 0.25) is 5.02 Å². The maximum atomic E-state index is 14.5. The molecule has 0 spiro atoms. The van der Waals surface area contributed by atoms with Gasteiger partial charge in [0.2, 0.25) is 0 Å². The molecular weight excluding hydrogens is 542 g/mol. The Balaban J connectivity index is 0.00000112. The lowest BCUT2D eigenvalue weighted by Crippen LogP contribution is -2.31. The molecule has 0 aliphatic heterocycles. The molecule has 14 heteroatoms. The minimum absolute atomic E-state index is 0.100. The van der Waals surface area contributed by atoms with Gasteiger partial charge in [-0.2, -0.15) is 13.2 Å². The zero-order chi connectivity index (χ0) is 27.9. The van der Waals surface area contributed by atoms with Gasteiger partial charge < -0.3 is 25.4 Å². The minimum Gasteiger partial charge on any atom is -0.490 e. The molecule has 0 amide bonds. The maximum absolute atomic E-state index is 14.5. The van der Waals surface area contributed by atoms with Crippen molar-refractivity contribution in [2.45, 2.75) is 39.1 Å². The van der Waals surface area contributed by atoms with Crippen molar-refractivity contribution >= 4 is 28.9 Å². The van der Waals surface area contributed by atoms with E-state index >= 15 is 0 Å². The number of halogens is 5. The molecule has 1 aromatic heterocycles. The molecule has 0 bridgehead atoms. The lowest BCUT2D eigenvalue weighted by atomic mass is 10.1. The molecule has 0 radical (unpaired) electrons. The van der Waals surface area contributed by atoms with Crippen molar-refractivity contribution in [3.8, 4) is 32.6 Å². The molecule has 0 saturated carbocycles. The minimum atomic E-state index is -4.63. The number of benzene rings is 2. The van der Waals surface area contributed by atoms with Gasteiger partial charge in [-0.3, -0.25) is 4.79 Å². The third-order valence-corrected chi connectivity index (χ3v) is 5.58. The molecule has 0 unspecified atom stereocenters. The van der Waals surface area contributed by atoms with Crippen LogP contribution in [0.5, 0.6) is 11.5 Å². The van der Waals surface area contributed by atoms with Gasteiger partial charge in [-0.15, -0.1) is 10.2 Å². The van der Waals surface area contributed by atoms with Crippen LogP contribution in [0, 0.1) is 5.82 Å². The standard InChI is InChI=1S/C21H20ClF4N3O3S.C2H4O2/c1-10(2)32-17-4-3-11(5-14(17)21(24,25)26)19-28-29-20(33-19)13-6-16(23)18(7-15(13)22)31-9-12(27)8-30;1-2(3)4/h3-7,10,12,30H,8-9,27H2,1-2H3;1H3,(H,3,4)/t12-;/m1./s1. The smallest absolute Gasteiger partial charge is 0.419 e. The van der Waals surface area contributed by atoms with E-state index in [0.717, 1.165) is 30.4 Å². The van der Waals surface area contributed by atoms with Crippen molar-refractivity contribution in [3.05, 3.63) is 46.7 Å². The van der Waals surface area contributed by atoms with Gasteiger partial charge in [0.05, 0.1) is 29.3 Å². The van der Waals surface area contributed by atoms with Crippen molar-refractivity contribution < 1.29 is 42.0 Å². The van der Waals surface area contributed by atoms with Gasteiger partial charge in [0.15, 0.2) is 11.6 Å². The van der Waals surface area contributed by atoms with Crippen molar-refractivity contribution in [3.63, 3.8) is 0 Å². The summed E-state index contributed by atoms with van der Waals surface area (Å²) in [6, 6.07) is 5.25. The first-order valence-electron chi connectivity index (χ1n) is 10.6. The number of aliphatic hydroxyl groups is 1. The van der Waals surface area contributed by atoms with E-state index in [2.05, 4.69) is 10.2 Å². The zero-order valence-corrected chi connectivity index (χ0v) is 21.4. The monoisotopic (exact) mass is 565 g/mol. The number of alkyl halides is 3. The summed E-state index contributed by atoms with van der Waals surface area (Å²) in [5, 5.41) is 24.8. The summed E-state index contributed by atoms with van der Waals surface area (Å²) in [6.07, 6.45) is -5.07. The first-order chi connectivity index (χ1) is 17.2. The third kappa shape index (κ3) is 8.81. The number of carboxylic acid groups (broad SMARTS) is 1. The Hall–Kier alpha value is -3.00. The first-order valence-corrected chi connectivity index (χ1v) is 11.8. The Morgan fingerprint density at radius 2 is 1.78 bits per heavy atom. The summed E-state index contributed by atoms with van der Waals surface area (Å²) < 4.78 is 65.6. The Kier molecular flexibility index (Phi) is 10.6. The SMILES string of the molecule is CC(=O)O.CC(C)Oc1ccc(-c2nnc(-c3cc(F)c(OC[C@H](N)CO)cc3Cl)s2)cc1C(F)(F)F. The van der Waals surface area contributed by atoms with Gasteiger partial charge in [0.25, 0.3) is 5.97 Å². The summed E-state index contributed by atoms with van der Waals surface area (Å²) in [6.45, 7) is 3.89. The maximum Gasteiger partial charge on any atom is 0.419 e. The highest BCUT2D eigenvalue weighted by Crippen LogP contribution is 2.41. The molecule has 1 heterocycles. The predicted molar refractivity (Wildman–Crippen MR) is 130 cm³/mol. The fourth-order valence-corrected chi connectivity index (χ4v) is 3.91. The van der Waals surface area contributed by atoms with E-state index in [-0.39, 0.29) is 50.9 Å². The third-order valence-electron chi connectivity index (χ3n) is 4.26. The molecule has 8 nitrogen and oxygen atoms in total. The highest BCUT2D eigenvalue weighted by Gasteiger charge is 2.35. The second kappa shape index (κ2) is 13.0. The van der Waals surface area contributed by atoms with Crippen LogP contribution in [0.25, 0.3) is 21.1 Å². The molecule has 0 saturated heterocycles. The van der Waals surface area contributed by atoms with Gasteiger partial charge in [-0.05, 0) is 38.1 Å². The molecule has 1 atom stereocenters. The van der Waals surface area contributed by atoms with Gasteiger partial charge in [0.1, 0.15) is 22.4 Å². The summed E-state index contributed by atoms with van der Waals surface area (Å²) in [5.74, 6) is -2.02. The van der Waals surface area contributed by atoms with E-state index in [1.807, 2.05) is 0 Å². The van der Waals surface area contributed by atoms with Crippen LogP contribution in [0.3, 0.4) is 0 Å². The Bertz CT molecular complexity index is 1220. The van der Waals surface area contributed by atoms with E-state index < -0.39 is 35.7 Å². The Labute approximate surface area is 218 Å². The van der Waals surface area contributed by atoms with E-state index in [1.54, 1.807) is 13.8 Å². The molecule has 37 heavy (non-hydrogen) atoms. The topological polar surface area (TPSA) is 128 Å². The van der Waals surface area contributed by atoms with Crippen LogP contribution < -0.4 is 15.2 Å². The predicted octanol–water partition coefficient (Wildman–Crippen LogP) is 5.26. The lowest BCUT2D eigenvalue weighted by Gasteiger charge is -2.16. The fraction of sp³-hybridized carbons (Fsp3) is 0.348. The Morgan fingerprint density at radius 3 is 2.35 bits per heavy atom. The summed E-state index contributed by atoms with van der Waals surface area (Å²) in [4.78, 5) is 9.00. The van der Waals surface area contributed by atoms with Crippen LogP contribution in [-0.4, -0.2) is 51.7 Å². The summed E-state index contributed by atoms with van der Waals surface area (Å²) in [5.41, 5.74) is 4.98. The number of ether oxygens (including phenoxy) is 2. The molecule has 202 valence electrons. The van der Waals surface area contributed by atoms with E-state index in [4.69, 9.17) is 41.8 Å². The zero-order valence-electron chi connectivity index (χ0n) is 19.8.